The number of benzene rings is 2. The third kappa shape index (κ3) is 3.89. The lowest BCUT2D eigenvalue weighted by Gasteiger charge is -2.30. The number of rotatable bonds is 4. The number of halogens is 3. The highest BCUT2D eigenvalue weighted by Crippen LogP contribution is 2.35. The van der Waals surface area contributed by atoms with Crippen LogP contribution in [-0.4, -0.2) is 28.3 Å². The Bertz CT molecular complexity index is 1240. The highest BCUT2D eigenvalue weighted by Gasteiger charge is 2.38. The number of urea groups is 1. The average Bonchev–Trinajstić information content (AvgIpc) is 3.40. The van der Waals surface area contributed by atoms with Gasteiger partial charge in [-0.3, -0.25) is 14.4 Å². The molecule has 2 aliphatic rings. The van der Waals surface area contributed by atoms with E-state index in [4.69, 9.17) is 0 Å². The van der Waals surface area contributed by atoms with Crippen molar-refractivity contribution in [1.82, 2.24) is 15.1 Å². The zero-order chi connectivity index (χ0) is 24.0. The molecule has 0 spiro atoms. The summed E-state index contributed by atoms with van der Waals surface area (Å²) in [4.78, 5) is 27.3. The molecule has 1 aromatic heterocycles. The minimum atomic E-state index is -1.59. The number of hydrogen-bond donors (Lipinski definition) is 2. The minimum Gasteiger partial charge on any atom is -0.329 e. The zero-order valence-electron chi connectivity index (χ0n) is 18.3. The highest BCUT2D eigenvalue weighted by atomic mass is 19.2. The molecule has 2 unspecified atom stereocenters. The van der Waals surface area contributed by atoms with E-state index in [1.165, 1.54) is 0 Å². The van der Waals surface area contributed by atoms with Gasteiger partial charge in [-0.2, -0.15) is 5.10 Å². The summed E-state index contributed by atoms with van der Waals surface area (Å²) in [6, 6.07) is 10.7. The summed E-state index contributed by atoms with van der Waals surface area (Å²) in [5, 5.41) is 9.88. The molecular weight excluding hydrogens is 447 g/mol. The Morgan fingerprint density at radius 2 is 1.82 bits per heavy atom. The fourth-order valence-electron chi connectivity index (χ4n) is 4.64. The minimum absolute atomic E-state index is 0.125. The van der Waals surface area contributed by atoms with Gasteiger partial charge in [0.1, 0.15) is 0 Å². The summed E-state index contributed by atoms with van der Waals surface area (Å²) < 4.78 is 42.1. The van der Waals surface area contributed by atoms with Gasteiger partial charge in [-0.05, 0) is 11.5 Å². The standard InChI is InChI=1S/C24H22F3N5O2/c1-13-11-32-20(9-16(13)23(33)29-15-7-17(25)22(27)18(26)8-15)21(10-28-32)31-12-19(30-24(31)34)14-5-3-2-4-6-14/h2-8,10,13,16,19H,9,11-12H2,1H3,(H,29,33)(H,30,34)/t13-,16?,19?/m0/s1. The van der Waals surface area contributed by atoms with Crippen LogP contribution in [0.3, 0.4) is 0 Å². The highest BCUT2D eigenvalue weighted by molar-refractivity contribution is 5.96. The van der Waals surface area contributed by atoms with Gasteiger partial charge >= 0.3 is 6.03 Å². The molecule has 1 fully saturated rings. The van der Waals surface area contributed by atoms with Crippen LogP contribution in [-0.2, 0) is 17.8 Å². The van der Waals surface area contributed by atoms with E-state index in [0.717, 1.165) is 23.4 Å². The van der Waals surface area contributed by atoms with Crippen molar-refractivity contribution in [1.29, 1.82) is 0 Å². The second kappa shape index (κ2) is 8.51. The third-order valence-electron chi connectivity index (χ3n) is 6.48. The topological polar surface area (TPSA) is 79.3 Å². The van der Waals surface area contributed by atoms with Crippen molar-refractivity contribution in [2.45, 2.75) is 25.9 Å². The quantitative estimate of drug-likeness (QED) is 0.567. The van der Waals surface area contributed by atoms with Crippen molar-refractivity contribution >= 4 is 23.3 Å². The number of anilines is 2. The number of fused-ring (bicyclic) bond motifs is 1. The number of carbonyl (C=O) groups excluding carboxylic acids is 2. The van der Waals surface area contributed by atoms with Gasteiger partial charge in [0.05, 0.1) is 30.2 Å². The molecule has 3 atom stereocenters. The monoisotopic (exact) mass is 469 g/mol. The first-order valence-corrected chi connectivity index (χ1v) is 10.9. The molecule has 7 nitrogen and oxygen atoms in total. The molecule has 5 rings (SSSR count). The molecule has 3 heterocycles. The Labute approximate surface area is 193 Å². The van der Waals surface area contributed by atoms with E-state index >= 15 is 0 Å². The fraction of sp³-hybridized carbons (Fsp3) is 0.292. The van der Waals surface area contributed by atoms with Crippen LogP contribution in [0, 0.1) is 29.3 Å². The van der Waals surface area contributed by atoms with Gasteiger partial charge in [-0.1, -0.05) is 37.3 Å². The molecule has 1 saturated heterocycles. The molecule has 10 heteroatoms. The number of nitrogens with one attached hydrogen (secondary N) is 2. The van der Waals surface area contributed by atoms with Crippen LogP contribution in [0.5, 0.6) is 0 Å². The largest absolute Gasteiger partial charge is 0.329 e. The van der Waals surface area contributed by atoms with Crippen molar-refractivity contribution in [2.24, 2.45) is 11.8 Å². The molecule has 176 valence electrons. The van der Waals surface area contributed by atoms with Crippen LogP contribution in [0.1, 0.15) is 24.2 Å². The van der Waals surface area contributed by atoms with Crippen molar-refractivity contribution < 1.29 is 22.8 Å². The van der Waals surface area contributed by atoms with Crippen molar-refractivity contribution in [3.05, 3.63) is 77.4 Å². The number of amides is 3. The number of nitrogens with zero attached hydrogens (tertiary/aromatic N) is 3. The van der Waals surface area contributed by atoms with E-state index in [-0.39, 0.29) is 30.1 Å². The van der Waals surface area contributed by atoms with Gasteiger partial charge in [0.2, 0.25) is 5.91 Å². The third-order valence-corrected chi connectivity index (χ3v) is 6.48. The van der Waals surface area contributed by atoms with Crippen molar-refractivity contribution in [3.63, 3.8) is 0 Å². The molecule has 3 aromatic rings. The van der Waals surface area contributed by atoms with E-state index in [9.17, 15) is 22.8 Å². The predicted octanol–water partition coefficient (Wildman–Crippen LogP) is 4.02. The van der Waals surface area contributed by atoms with Crippen LogP contribution in [0.2, 0.25) is 0 Å². The molecule has 2 N–H and O–H groups in total. The lowest BCUT2D eigenvalue weighted by molar-refractivity contribution is -0.121. The Morgan fingerprint density at radius 1 is 1.12 bits per heavy atom. The van der Waals surface area contributed by atoms with Crippen LogP contribution in [0.15, 0.2) is 48.7 Å². The maximum Gasteiger partial charge on any atom is 0.322 e. The second-order valence-electron chi connectivity index (χ2n) is 8.71. The lowest BCUT2D eigenvalue weighted by atomic mass is 9.85. The lowest BCUT2D eigenvalue weighted by Crippen LogP contribution is -2.37. The van der Waals surface area contributed by atoms with Crippen LogP contribution in [0.4, 0.5) is 29.3 Å². The van der Waals surface area contributed by atoms with E-state index in [1.807, 2.05) is 37.3 Å². The van der Waals surface area contributed by atoms with Gasteiger partial charge < -0.3 is 10.6 Å². The SMILES string of the molecule is C[C@H]1Cn2ncc(N3CC(c4ccccc4)NC3=O)c2CC1C(=O)Nc1cc(F)c(F)c(F)c1. The first kappa shape index (κ1) is 22.0. The Hall–Kier alpha value is -3.82. The Morgan fingerprint density at radius 3 is 2.53 bits per heavy atom. The molecule has 3 amide bonds. The van der Waals surface area contributed by atoms with E-state index in [2.05, 4.69) is 15.7 Å². The van der Waals surface area contributed by atoms with Gasteiger partial charge in [-0.25, -0.2) is 18.0 Å². The maximum atomic E-state index is 13.6. The van der Waals surface area contributed by atoms with E-state index < -0.39 is 29.3 Å². The molecule has 2 aliphatic heterocycles. The summed E-state index contributed by atoms with van der Waals surface area (Å²) in [6.45, 7) is 2.74. The molecule has 0 aliphatic carbocycles. The van der Waals surface area contributed by atoms with Gasteiger partial charge in [0, 0.05) is 36.7 Å². The molecule has 2 aromatic carbocycles. The fourth-order valence-corrected chi connectivity index (χ4v) is 4.64. The van der Waals surface area contributed by atoms with E-state index in [1.54, 1.807) is 15.8 Å². The predicted molar refractivity (Wildman–Crippen MR) is 119 cm³/mol. The van der Waals surface area contributed by atoms with Crippen LogP contribution in [0.25, 0.3) is 0 Å². The van der Waals surface area contributed by atoms with Gasteiger partial charge in [0.25, 0.3) is 0 Å². The summed E-state index contributed by atoms with van der Waals surface area (Å²) in [6.07, 6.45) is 1.91. The molecule has 34 heavy (non-hydrogen) atoms. The molecular formula is C24H22F3N5O2. The van der Waals surface area contributed by atoms with Gasteiger partial charge in [0.15, 0.2) is 17.5 Å². The number of aromatic nitrogens is 2. The van der Waals surface area contributed by atoms with Gasteiger partial charge in [-0.15, -0.1) is 0 Å². The number of hydrogen-bond acceptors (Lipinski definition) is 3. The van der Waals surface area contributed by atoms with Crippen LogP contribution < -0.4 is 15.5 Å². The van der Waals surface area contributed by atoms with Crippen molar-refractivity contribution in [2.75, 3.05) is 16.8 Å². The summed E-state index contributed by atoms with van der Waals surface area (Å²) >= 11 is 0. The summed E-state index contributed by atoms with van der Waals surface area (Å²) in [5.41, 5.74) is 2.19. The smallest absolute Gasteiger partial charge is 0.322 e. The molecule has 0 radical (unpaired) electrons. The van der Waals surface area contributed by atoms with Crippen LogP contribution >= 0.6 is 0 Å². The first-order valence-electron chi connectivity index (χ1n) is 10.9. The summed E-state index contributed by atoms with van der Waals surface area (Å²) in [5.74, 6) is -5.44. The normalized spacial score (nSPS) is 21.8. The van der Waals surface area contributed by atoms with Crippen molar-refractivity contribution in [3.8, 4) is 0 Å². The Kier molecular flexibility index (Phi) is 5.51. The number of carbonyl (C=O) groups is 2. The average molecular weight is 469 g/mol. The molecule has 0 bridgehead atoms. The Balaban J connectivity index is 1.36. The second-order valence-corrected chi connectivity index (χ2v) is 8.71. The molecule has 0 saturated carbocycles. The maximum absolute atomic E-state index is 13.6. The van der Waals surface area contributed by atoms with E-state index in [0.29, 0.717) is 18.8 Å². The first-order chi connectivity index (χ1) is 16.3. The zero-order valence-corrected chi connectivity index (χ0v) is 18.3. The summed E-state index contributed by atoms with van der Waals surface area (Å²) in [7, 11) is 0.